The smallest absolute Gasteiger partial charge is 0.260 e. The Hall–Kier alpha value is -2.78. The van der Waals surface area contributed by atoms with Crippen LogP contribution in [0.3, 0.4) is 0 Å². The zero-order valence-corrected chi connectivity index (χ0v) is 15.4. The summed E-state index contributed by atoms with van der Waals surface area (Å²) in [6.07, 6.45) is -0.281. The third-order valence-electron chi connectivity index (χ3n) is 4.83. The maximum atomic E-state index is 13.2. The fourth-order valence-electron chi connectivity index (χ4n) is 3.44. The van der Waals surface area contributed by atoms with E-state index >= 15 is 0 Å². The highest BCUT2D eigenvalue weighted by atomic mass is 35.5. The van der Waals surface area contributed by atoms with Gasteiger partial charge >= 0.3 is 0 Å². The number of carbonyl (C=O) groups is 1. The van der Waals surface area contributed by atoms with E-state index in [1.807, 2.05) is 85.5 Å². The van der Waals surface area contributed by atoms with E-state index in [9.17, 15) is 4.79 Å². The monoisotopic (exact) mass is 362 g/mol. The van der Waals surface area contributed by atoms with Gasteiger partial charge in [-0.3, -0.25) is 9.69 Å². The van der Waals surface area contributed by atoms with Crippen molar-refractivity contribution in [1.82, 2.24) is 0 Å². The zero-order chi connectivity index (χ0) is 18.3. The fourth-order valence-corrected chi connectivity index (χ4v) is 3.61. The molecule has 0 fully saturated rings. The molecule has 3 aromatic carbocycles. The normalized spacial score (nSPS) is 15.9. The molecular formula is C22H19ClN2O. The maximum Gasteiger partial charge on any atom is 0.260 e. The Balaban J connectivity index is 1.84. The van der Waals surface area contributed by atoms with Gasteiger partial charge in [-0.2, -0.15) is 0 Å². The molecule has 3 nitrogen and oxygen atoms in total. The van der Waals surface area contributed by atoms with Crippen LogP contribution >= 0.6 is 11.6 Å². The Bertz CT molecular complexity index is 999. The number of benzene rings is 3. The van der Waals surface area contributed by atoms with Gasteiger partial charge in [-0.15, -0.1) is 0 Å². The average molecular weight is 363 g/mol. The number of rotatable bonds is 3. The molecule has 4 heteroatoms. The summed E-state index contributed by atoms with van der Waals surface area (Å²) in [5, 5.41) is 4.20. The van der Waals surface area contributed by atoms with E-state index in [1.54, 1.807) is 0 Å². The number of halogens is 1. The van der Waals surface area contributed by atoms with Crippen molar-refractivity contribution in [3.63, 3.8) is 0 Å². The number of nitrogens with zero attached hydrogens (tertiary/aromatic N) is 1. The van der Waals surface area contributed by atoms with Gasteiger partial charge in [-0.25, -0.2) is 0 Å². The third-order valence-corrected chi connectivity index (χ3v) is 5.06. The van der Waals surface area contributed by atoms with Crippen LogP contribution in [0.1, 0.15) is 33.2 Å². The second kappa shape index (κ2) is 6.50. The lowest BCUT2D eigenvalue weighted by atomic mass is 10.1. The van der Waals surface area contributed by atoms with Crippen molar-refractivity contribution < 1.29 is 4.79 Å². The number of carbonyl (C=O) groups excluding carboxylic acids is 1. The highest BCUT2D eigenvalue weighted by Gasteiger charge is 2.38. The van der Waals surface area contributed by atoms with Crippen LogP contribution in [0.2, 0.25) is 5.02 Å². The van der Waals surface area contributed by atoms with E-state index in [4.69, 9.17) is 11.6 Å². The SMILES string of the molecule is Cc1ccc(Cl)cc1N[C@H]1c2ccccc2C(=O)N1c1ccccc1C. The van der Waals surface area contributed by atoms with Crippen LogP contribution in [-0.2, 0) is 0 Å². The molecule has 0 unspecified atom stereocenters. The van der Waals surface area contributed by atoms with Crippen LogP contribution < -0.4 is 10.2 Å². The largest absolute Gasteiger partial charge is 0.361 e. The van der Waals surface area contributed by atoms with Crippen molar-refractivity contribution in [2.75, 3.05) is 10.2 Å². The first-order valence-corrected chi connectivity index (χ1v) is 8.95. The minimum Gasteiger partial charge on any atom is -0.361 e. The lowest BCUT2D eigenvalue weighted by Crippen LogP contribution is -2.33. The number of anilines is 2. The van der Waals surface area contributed by atoms with E-state index < -0.39 is 0 Å². The molecule has 130 valence electrons. The molecular weight excluding hydrogens is 344 g/mol. The number of amides is 1. The van der Waals surface area contributed by atoms with Crippen molar-refractivity contribution in [1.29, 1.82) is 0 Å². The number of fused-ring (bicyclic) bond motifs is 1. The van der Waals surface area contributed by atoms with Crippen LogP contribution in [-0.4, -0.2) is 5.91 Å². The Morgan fingerprint density at radius 3 is 2.46 bits per heavy atom. The van der Waals surface area contributed by atoms with Crippen molar-refractivity contribution in [3.05, 3.63) is 94.0 Å². The van der Waals surface area contributed by atoms with E-state index in [0.717, 1.165) is 33.6 Å². The van der Waals surface area contributed by atoms with Crippen LogP contribution in [0.4, 0.5) is 11.4 Å². The van der Waals surface area contributed by atoms with Crippen molar-refractivity contribution >= 4 is 28.9 Å². The minimum atomic E-state index is -0.281. The zero-order valence-electron chi connectivity index (χ0n) is 14.7. The van der Waals surface area contributed by atoms with Crippen LogP contribution in [0.25, 0.3) is 0 Å². The highest BCUT2D eigenvalue weighted by molar-refractivity contribution is 6.30. The molecule has 1 atom stereocenters. The molecule has 0 bridgehead atoms. The van der Waals surface area contributed by atoms with Gasteiger partial charge in [-0.05, 0) is 49.2 Å². The van der Waals surface area contributed by atoms with Crippen LogP contribution in [0.5, 0.6) is 0 Å². The summed E-state index contributed by atoms with van der Waals surface area (Å²) in [4.78, 5) is 15.0. The predicted molar refractivity (Wildman–Crippen MR) is 107 cm³/mol. The standard InChI is InChI=1S/C22H19ClN2O/c1-14-11-12-16(23)13-19(14)24-21-17-8-4-5-9-18(17)22(26)25(21)20-10-6-3-7-15(20)2/h3-13,21,24H,1-2H3/t21-/m1/s1. The molecule has 0 spiro atoms. The molecule has 1 aliphatic heterocycles. The summed E-state index contributed by atoms with van der Waals surface area (Å²) in [6, 6.07) is 21.5. The Kier molecular flexibility index (Phi) is 4.17. The molecule has 1 amide bonds. The lowest BCUT2D eigenvalue weighted by Gasteiger charge is -2.29. The Morgan fingerprint density at radius 1 is 0.923 bits per heavy atom. The highest BCUT2D eigenvalue weighted by Crippen LogP contribution is 2.39. The van der Waals surface area contributed by atoms with Gasteiger partial charge in [0, 0.05) is 27.5 Å². The molecule has 0 saturated heterocycles. The molecule has 26 heavy (non-hydrogen) atoms. The Morgan fingerprint density at radius 2 is 1.65 bits per heavy atom. The van der Waals surface area contributed by atoms with Gasteiger partial charge in [0.2, 0.25) is 0 Å². The van der Waals surface area contributed by atoms with Crippen molar-refractivity contribution in [3.8, 4) is 0 Å². The molecule has 0 radical (unpaired) electrons. The first-order chi connectivity index (χ1) is 12.6. The number of aryl methyl sites for hydroxylation is 2. The summed E-state index contributed by atoms with van der Waals surface area (Å²) < 4.78 is 0. The molecule has 1 N–H and O–H groups in total. The number of hydrogen-bond acceptors (Lipinski definition) is 2. The second-order valence-electron chi connectivity index (χ2n) is 6.56. The summed E-state index contributed by atoms with van der Waals surface area (Å²) in [7, 11) is 0. The van der Waals surface area contributed by atoms with Gasteiger partial charge < -0.3 is 5.32 Å². The molecule has 0 aromatic heterocycles. The molecule has 0 saturated carbocycles. The topological polar surface area (TPSA) is 32.3 Å². The quantitative estimate of drug-likeness (QED) is 0.645. The number of nitrogens with one attached hydrogen (secondary N) is 1. The maximum absolute atomic E-state index is 13.2. The van der Waals surface area contributed by atoms with Crippen molar-refractivity contribution in [2.45, 2.75) is 20.0 Å². The molecule has 4 rings (SSSR count). The molecule has 1 heterocycles. The first-order valence-electron chi connectivity index (χ1n) is 8.57. The van der Waals surface area contributed by atoms with E-state index in [2.05, 4.69) is 5.32 Å². The van der Waals surface area contributed by atoms with Gasteiger partial charge in [0.05, 0.1) is 0 Å². The second-order valence-corrected chi connectivity index (χ2v) is 6.99. The van der Waals surface area contributed by atoms with Crippen LogP contribution in [0.15, 0.2) is 66.7 Å². The van der Waals surface area contributed by atoms with E-state index in [1.165, 1.54) is 0 Å². The minimum absolute atomic E-state index is 0.00656. The number of hydrogen-bond donors (Lipinski definition) is 1. The van der Waals surface area contributed by atoms with E-state index in [0.29, 0.717) is 5.02 Å². The molecule has 0 aliphatic carbocycles. The van der Waals surface area contributed by atoms with E-state index in [-0.39, 0.29) is 12.1 Å². The van der Waals surface area contributed by atoms with Gasteiger partial charge in [0.25, 0.3) is 5.91 Å². The summed E-state index contributed by atoms with van der Waals surface area (Å²) >= 11 is 6.19. The third kappa shape index (κ3) is 2.74. The number of para-hydroxylation sites is 1. The Labute approximate surface area is 158 Å². The summed E-state index contributed by atoms with van der Waals surface area (Å²) in [5.41, 5.74) is 5.67. The van der Waals surface area contributed by atoms with Crippen molar-refractivity contribution in [2.24, 2.45) is 0 Å². The first kappa shape index (κ1) is 16.7. The fraction of sp³-hybridized carbons (Fsp3) is 0.136. The van der Waals surface area contributed by atoms with Gasteiger partial charge in [-0.1, -0.05) is 54.1 Å². The van der Waals surface area contributed by atoms with Gasteiger partial charge in [0.1, 0.15) is 6.17 Å². The molecule has 1 aliphatic rings. The molecule has 3 aromatic rings. The predicted octanol–water partition coefficient (Wildman–Crippen LogP) is 5.73. The average Bonchev–Trinajstić information content (AvgIpc) is 2.91. The summed E-state index contributed by atoms with van der Waals surface area (Å²) in [5.74, 6) is 0.00656. The van der Waals surface area contributed by atoms with Crippen LogP contribution in [0, 0.1) is 13.8 Å². The lowest BCUT2D eigenvalue weighted by molar-refractivity contribution is 0.0993. The summed E-state index contributed by atoms with van der Waals surface area (Å²) in [6.45, 7) is 4.05. The van der Waals surface area contributed by atoms with Gasteiger partial charge in [0.15, 0.2) is 0 Å².